The molecule has 9 nitrogen and oxygen atoms in total. The van der Waals surface area contributed by atoms with E-state index in [0.29, 0.717) is 17.1 Å². The number of anilines is 2. The summed E-state index contributed by atoms with van der Waals surface area (Å²) >= 11 is 0. The molecule has 0 saturated heterocycles. The number of halogens is 1. The molecule has 0 aliphatic carbocycles. The first-order valence-corrected chi connectivity index (χ1v) is 11.1. The summed E-state index contributed by atoms with van der Waals surface area (Å²) in [5.41, 5.74) is 0.743. The maximum Gasteiger partial charge on any atom is 0.262 e. The van der Waals surface area contributed by atoms with Gasteiger partial charge in [-0.05, 0) is 54.6 Å². The van der Waals surface area contributed by atoms with Crippen LogP contribution in [0.3, 0.4) is 0 Å². The lowest BCUT2D eigenvalue weighted by atomic mass is 10.2. The molecule has 0 atom stereocenters. The van der Waals surface area contributed by atoms with Crippen LogP contribution in [0, 0.1) is 5.82 Å². The molecule has 2 aromatic carbocycles. The summed E-state index contributed by atoms with van der Waals surface area (Å²) < 4.78 is 47.8. The molecule has 168 valence electrons. The van der Waals surface area contributed by atoms with Crippen LogP contribution in [-0.2, 0) is 10.0 Å². The average molecular weight is 467 g/mol. The van der Waals surface area contributed by atoms with Gasteiger partial charge in [0.1, 0.15) is 23.7 Å². The highest BCUT2D eigenvalue weighted by atomic mass is 32.2. The van der Waals surface area contributed by atoms with Gasteiger partial charge in [-0.1, -0.05) is 0 Å². The number of imidazole rings is 1. The van der Waals surface area contributed by atoms with Crippen molar-refractivity contribution in [2.45, 2.75) is 4.90 Å². The summed E-state index contributed by atoms with van der Waals surface area (Å²) in [5.74, 6) is -0.142. The number of sulfonamides is 1. The Balaban J connectivity index is 1.53. The molecule has 0 radical (unpaired) electrons. The molecule has 0 bridgehead atoms. The van der Waals surface area contributed by atoms with Gasteiger partial charge in [0.05, 0.1) is 23.3 Å². The van der Waals surface area contributed by atoms with Gasteiger partial charge in [0.2, 0.25) is 0 Å². The van der Waals surface area contributed by atoms with E-state index >= 15 is 0 Å². The number of hydrogen-bond donors (Lipinski definition) is 2. The molecule has 2 heterocycles. The van der Waals surface area contributed by atoms with Crippen LogP contribution in [-0.4, -0.2) is 36.0 Å². The molecule has 4 aromatic rings. The Kier molecular flexibility index (Phi) is 6.05. The quantitative estimate of drug-likeness (QED) is 0.430. The van der Waals surface area contributed by atoms with Crippen molar-refractivity contribution in [3.63, 3.8) is 0 Å². The molecular weight excluding hydrogens is 449 g/mol. The normalized spacial score (nSPS) is 11.1. The third-order valence-electron chi connectivity index (χ3n) is 4.60. The highest BCUT2D eigenvalue weighted by Crippen LogP contribution is 2.30. The number of carbonyl (C=O) groups excluding carboxylic acids is 1. The lowest BCUT2D eigenvalue weighted by Crippen LogP contribution is -2.15. The smallest absolute Gasteiger partial charge is 0.262 e. The summed E-state index contributed by atoms with van der Waals surface area (Å²) in [6, 6.07) is 12.2. The number of ether oxygens (including phenoxy) is 1. The molecule has 0 unspecified atom stereocenters. The fourth-order valence-electron chi connectivity index (χ4n) is 2.95. The number of carbonyl (C=O) groups is 1. The van der Waals surface area contributed by atoms with Crippen LogP contribution < -0.4 is 14.8 Å². The van der Waals surface area contributed by atoms with Crippen molar-refractivity contribution >= 4 is 27.3 Å². The maximum atomic E-state index is 13.1. The molecule has 0 saturated carbocycles. The molecule has 1 amide bonds. The van der Waals surface area contributed by atoms with Gasteiger partial charge in [-0.2, -0.15) is 0 Å². The first-order chi connectivity index (χ1) is 15.9. The number of nitrogens with zero attached hydrogens (tertiary/aromatic N) is 3. The summed E-state index contributed by atoms with van der Waals surface area (Å²) in [5, 5.41) is 2.70. The van der Waals surface area contributed by atoms with Crippen LogP contribution in [0.25, 0.3) is 5.82 Å². The maximum absolute atomic E-state index is 13.1. The van der Waals surface area contributed by atoms with E-state index in [9.17, 15) is 17.6 Å². The van der Waals surface area contributed by atoms with Crippen molar-refractivity contribution in [3.8, 4) is 11.6 Å². The van der Waals surface area contributed by atoms with Gasteiger partial charge in [-0.15, -0.1) is 0 Å². The molecule has 11 heteroatoms. The number of amides is 1. The number of methoxy groups -OCH3 is 1. The zero-order chi connectivity index (χ0) is 23.4. The molecule has 4 rings (SSSR count). The summed E-state index contributed by atoms with van der Waals surface area (Å²) in [4.78, 5) is 20.7. The van der Waals surface area contributed by atoms with E-state index in [2.05, 4.69) is 20.0 Å². The first kappa shape index (κ1) is 22.0. The Hall–Kier alpha value is -4.25. The van der Waals surface area contributed by atoms with Gasteiger partial charge < -0.3 is 10.1 Å². The highest BCUT2D eigenvalue weighted by molar-refractivity contribution is 7.92. The monoisotopic (exact) mass is 467 g/mol. The van der Waals surface area contributed by atoms with E-state index in [1.54, 1.807) is 41.5 Å². The van der Waals surface area contributed by atoms with E-state index in [-0.39, 0.29) is 16.3 Å². The van der Waals surface area contributed by atoms with Crippen molar-refractivity contribution < 1.29 is 22.3 Å². The highest BCUT2D eigenvalue weighted by Gasteiger charge is 2.18. The molecule has 33 heavy (non-hydrogen) atoms. The Morgan fingerprint density at radius 3 is 2.52 bits per heavy atom. The standard InChI is InChI=1S/C22H18FN5O4S/c1-32-20-8-5-17(12-19(20)27-33(30,31)18-6-3-16(23)4-7-18)26-22(29)15-2-9-21(25-13-15)28-11-10-24-14-28/h2-14,27H,1H3,(H,26,29). The van der Waals surface area contributed by atoms with Gasteiger partial charge >= 0.3 is 0 Å². The Morgan fingerprint density at radius 1 is 1.09 bits per heavy atom. The molecule has 0 aliphatic rings. The van der Waals surface area contributed by atoms with Gasteiger partial charge in [0, 0.05) is 24.3 Å². The predicted octanol–water partition coefficient (Wildman–Crippen LogP) is 3.47. The molecule has 0 fully saturated rings. The summed E-state index contributed by atoms with van der Waals surface area (Å²) in [6.07, 6.45) is 6.36. The molecule has 0 aliphatic heterocycles. The summed E-state index contributed by atoms with van der Waals surface area (Å²) in [6.45, 7) is 0. The van der Waals surface area contributed by atoms with Crippen molar-refractivity contribution in [2.75, 3.05) is 17.1 Å². The fraction of sp³-hybridized carbons (Fsp3) is 0.0455. The topological polar surface area (TPSA) is 115 Å². The zero-order valence-electron chi connectivity index (χ0n) is 17.3. The number of benzene rings is 2. The van der Waals surface area contributed by atoms with Crippen molar-refractivity contribution in [1.82, 2.24) is 14.5 Å². The Labute approximate surface area is 188 Å². The minimum atomic E-state index is -4.01. The van der Waals surface area contributed by atoms with Crippen LogP contribution in [0.15, 0.2) is 84.4 Å². The number of aromatic nitrogens is 3. The molecule has 2 N–H and O–H groups in total. The van der Waals surface area contributed by atoms with Gasteiger partial charge in [0.25, 0.3) is 15.9 Å². The van der Waals surface area contributed by atoms with E-state index in [1.165, 1.54) is 25.4 Å². The van der Waals surface area contributed by atoms with Crippen molar-refractivity contribution in [1.29, 1.82) is 0 Å². The van der Waals surface area contributed by atoms with Crippen LogP contribution in [0.1, 0.15) is 10.4 Å². The van der Waals surface area contributed by atoms with Crippen LogP contribution in [0.4, 0.5) is 15.8 Å². The predicted molar refractivity (Wildman–Crippen MR) is 120 cm³/mol. The Morgan fingerprint density at radius 2 is 1.88 bits per heavy atom. The van der Waals surface area contributed by atoms with Crippen LogP contribution in [0.5, 0.6) is 5.75 Å². The largest absolute Gasteiger partial charge is 0.495 e. The van der Waals surface area contributed by atoms with E-state index in [0.717, 1.165) is 24.3 Å². The first-order valence-electron chi connectivity index (χ1n) is 9.58. The van der Waals surface area contributed by atoms with E-state index in [4.69, 9.17) is 4.74 Å². The zero-order valence-corrected chi connectivity index (χ0v) is 18.1. The fourth-order valence-corrected chi connectivity index (χ4v) is 4.02. The van der Waals surface area contributed by atoms with Crippen molar-refractivity contribution in [3.05, 3.63) is 90.9 Å². The van der Waals surface area contributed by atoms with Gasteiger partial charge in [0.15, 0.2) is 0 Å². The Bertz CT molecular complexity index is 1370. The van der Waals surface area contributed by atoms with Crippen molar-refractivity contribution in [2.24, 2.45) is 0 Å². The number of hydrogen-bond acceptors (Lipinski definition) is 6. The minimum absolute atomic E-state index is 0.105. The third kappa shape index (κ3) is 4.99. The van der Waals surface area contributed by atoms with E-state index < -0.39 is 21.7 Å². The van der Waals surface area contributed by atoms with Gasteiger partial charge in [-0.3, -0.25) is 14.1 Å². The summed E-state index contributed by atoms with van der Waals surface area (Å²) in [7, 11) is -2.63. The second-order valence-electron chi connectivity index (χ2n) is 6.80. The van der Waals surface area contributed by atoms with Gasteiger partial charge in [-0.25, -0.2) is 22.8 Å². The van der Waals surface area contributed by atoms with Crippen LogP contribution in [0.2, 0.25) is 0 Å². The lowest BCUT2D eigenvalue weighted by molar-refractivity contribution is 0.102. The SMILES string of the molecule is COc1ccc(NC(=O)c2ccc(-n3ccnc3)nc2)cc1NS(=O)(=O)c1ccc(F)cc1. The average Bonchev–Trinajstić information content (AvgIpc) is 3.34. The second-order valence-corrected chi connectivity index (χ2v) is 8.49. The number of nitrogens with one attached hydrogen (secondary N) is 2. The molecule has 2 aromatic heterocycles. The molecule has 0 spiro atoms. The lowest BCUT2D eigenvalue weighted by Gasteiger charge is -2.14. The number of pyridine rings is 1. The third-order valence-corrected chi connectivity index (χ3v) is 5.99. The minimum Gasteiger partial charge on any atom is -0.495 e. The second kappa shape index (κ2) is 9.09. The number of rotatable bonds is 7. The van der Waals surface area contributed by atoms with Crippen LogP contribution >= 0.6 is 0 Å². The molecular formula is C22H18FN5O4S. The van der Waals surface area contributed by atoms with E-state index in [1.807, 2.05) is 0 Å².